The monoisotopic (exact) mass is 683 g/mol. The Balaban J connectivity index is 1.11. The first-order valence-corrected chi connectivity index (χ1v) is 15.5. The van der Waals surface area contributed by atoms with Gasteiger partial charge in [0, 0.05) is 22.9 Å². The number of hydrogen-bond donors (Lipinski definition) is 2. The van der Waals surface area contributed by atoms with Crippen molar-refractivity contribution < 1.29 is 47.2 Å². The van der Waals surface area contributed by atoms with Crippen molar-refractivity contribution in [2.45, 2.75) is 6.17 Å². The van der Waals surface area contributed by atoms with Gasteiger partial charge in [0.1, 0.15) is 30.8 Å². The molecule has 1 aromatic heterocycles. The highest BCUT2D eigenvalue weighted by Crippen LogP contribution is 2.42. The van der Waals surface area contributed by atoms with E-state index in [9.17, 15) is 4.79 Å². The molecule has 1 amide bonds. The van der Waals surface area contributed by atoms with Crippen molar-refractivity contribution in [1.82, 2.24) is 10.5 Å². The number of benzene rings is 4. The second kappa shape index (κ2) is 14.9. The maximum absolute atomic E-state index is 12.8. The molecule has 2 heterocycles. The van der Waals surface area contributed by atoms with Crippen LogP contribution in [0.15, 0.2) is 77.3 Å². The second-order valence-electron chi connectivity index (χ2n) is 10.9. The van der Waals surface area contributed by atoms with Gasteiger partial charge in [0.15, 0.2) is 40.3 Å². The molecular weight excluding hydrogens is 646 g/mol. The van der Waals surface area contributed by atoms with E-state index in [0.29, 0.717) is 68.7 Å². The molecule has 13 heteroatoms. The summed E-state index contributed by atoms with van der Waals surface area (Å²) in [6.07, 6.45) is -0.461. The van der Waals surface area contributed by atoms with Gasteiger partial charge in [0.2, 0.25) is 5.75 Å². The summed E-state index contributed by atoms with van der Waals surface area (Å²) < 4.78 is 50.6. The molecule has 0 spiro atoms. The van der Waals surface area contributed by atoms with Crippen molar-refractivity contribution in [3.63, 3.8) is 0 Å². The predicted molar refractivity (Wildman–Crippen MR) is 184 cm³/mol. The van der Waals surface area contributed by atoms with Crippen LogP contribution in [-0.4, -0.2) is 66.9 Å². The van der Waals surface area contributed by atoms with Gasteiger partial charge in [-0.15, -0.1) is 0 Å². The molecule has 0 saturated carbocycles. The first-order chi connectivity index (χ1) is 24.4. The van der Waals surface area contributed by atoms with Crippen molar-refractivity contribution in [2.24, 2.45) is 0 Å². The molecule has 1 unspecified atom stereocenters. The lowest BCUT2D eigenvalue weighted by Gasteiger charge is -2.28. The quantitative estimate of drug-likeness (QED) is 0.126. The lowest BCUT2D eigenvalue weighted by molar-refractivity contribution is 0.0935. The highest BCUT2D eigenvalue weighted by Gasteiger charge is 2.26. The van der Waals surface area contributed by atoms with Crippen molar-refractivity contribution in [2.75, 3.05) is 61.2 Å². The summed E-state index contributed by atoms with van der Waals surface area (Å²) in [5, 5.41) is 10.6. The van der Waals surface area contributed by atoms with Gasteiger partial charge in [-0.3, -0.25) is 4.79 Å². The number of ether oxygens (including phenoxy) is 8. The summed E-state index contributed by atoms with van der Waals surface area (Å²) in [5.41, 5.74) is 4.05. The van der Waals surface area contributed by atoms with E-state index >= 15 is 0 Å². The number of aromatic nitrogens is 1. The topological polar surface area (TPSA) is 141 Å². The first kappa shape index (κ1) is 33.7. The van der Waals surface area contributed by atoms with Crippen LogP contribution in [0.4, 0.5) is 5.69 Å². The number of carbonyl (C=O) groups is 1. The highest BCUT2D eigenvalue weighted by atomic mass is 16.6. The highest BCUT2D eigenvalue weighted by molar-refractivity contribution is 6.02. The molecule has 5 aromatic rings. The summed E-state index contributed by atoms with van der Waals surface area (Å²) in [4.78, 5) is 12.8. The Labute approximate surface area is 288 Å². The Hall–Kier alpha value is -6.24. The Morgan fingerprint density at radius 2 is 1.30 bits per heavy atom. The van der Waals surface area contributed by atoms with E-state index in [4.69, 9.17) is 42.4 Å². The molecule has 0 fully saturated rings. The lowest BCUT2D eigenvalue weighted by Crippen LogP contribution is -2.38. The summed E-state index contributed by atoms with van der Waals surface area (Å²) in [5.74, 6) is 4.49. The van der Waals surface area contributed by atoms with Crippen LogP contribution in [0.5, 0.6) is 46.0 Å². The number of fused-ring (bicyclic) bond motifs is 1. The fourth-order valence-electron chi connectivity index (χ4n) is 5.54. The number of nitrogens with one attached hydrogen (secondary N) is 2. The van der Waals surface area contributed by atoms with Crippen LogP contribution in [0.25, 0.3) is 22.6 Å². The molecule has 0 aliphatic carbocycles. The van der Waals surface area contributed by atoms with Gasteiger partial charge in [-0.2, -0.15) is 0 Å². The minimum atomic E-state index is -0.461. The largest absolute Gasteiger partial charge is 0.497 e. The summed E-state index contributed by atoms with van der Waals surface area (Å²) >= 11 is 0. The molecule has 1 atom stereocenters. The van der Waals surface area contributed by atoms with Crippen LogP contribution < -0.4 is 48.5 Å². The third kappa shape index (κ3) is 6.83. The van der Waals surface area contributed by atoms with Crippen LogP contribution in [0.3, 0.4) is 0 Å². The van der Waals surface area contributed by atoms with Gasteiger partial charge in [-0.05, 0) is 66.2 Å². The molecule has 4 aromatic carbocycles. The van der Waals surface area contributed by atoms with E-state index in [2.05, 4.69) is 15.8 Å². The van der Waals surface area contributed by atoms with E-state index in [-0.39, 0.29) is 19.1 Å². The summed E-state index contributed by atoms with van der Waals surface area (Å²) in [6.45, 7) is 0.419. The van der Waals surface area contributed by atoms with E-state index in [0.717, 1.165) is 16.7 Å². The standard InChI is InChI=1S/C37H37N3O10/c1-42-24-9-10-26-25(19-24)37(41)39-36(38-26)22-8-12-29(31(16-22)44-3)48-13-14-49-32-15-21(7-11-28(32)43-2)30-20-27(40-50-30)23-17-33(45-4)35(47-6)34(18-23)46-5/h7-12,15-20,36,38H,13-14H2,1-6H3,(H,39,41). The van der Waals surface area contributed by atoms with Gasteiger partial charge in [0.25, 0.3) is 5.91 Å². The number of rotatable bonds is 14. The minimum absolute atomic E-state index is 0.207. The number of nitrogens with zero attached hydrogens (tertiary/aromatic N) is 1. The third-order valence-electron chi connectivity index (χ3n) is 8.08. The van der Waals surface area contributed by atoms with E-state index in [1.165, 1.54) is 0 Å². The lowest BCUT2D eigenvalue weighted by atomic mass is 10.0. The van der Waals surface area contributed by atoms with Crippen LogP contribution in [0.2, 0.25) is 0 Å². The first-order valence-electron chi connectivity index (χ1n) is 15.5. The number of amides is 1. The van der Waals surface area contributed by atoms with Gasteiger partial charge < -0.3 is 53.1 Å². The number of carbonyl (C=O) groups excluding carboxylic acids is 1. The molecule has 0 bridgehead atoms. The Morgan fingerprint density at radius 1 is 0.620 bits per heavy atom. The normalized spacial score (nSPS) is 13.3. The average Bonchev–Trinajstić information content (AvgIpc) is 3.66. The number of anilines is 1. The molecule has 0 radical (unpaired) electrons. The summed E-state index contributed by atoms with van der Waals surface area (Å²) in [6, 6.07) is 21.7. The second-order valence-corrected chi connectivity index (χ2v) is 10.9. The average molecular weight is 684 g/mol. The molecule has 1 aliphatic heterocycles. The molecule has 0 saturated heterocycles. The zero-order chi connectivity index (χ0) is 35.2. The zero-order valence-corrected chi connectivity index (χ0v) is 28.4. The fraction of sp³-hybridized carbons (Fsp3) is 0.243. The molecule has 13 nitrogen and oxygen atoms in total. The Bertz CT molecular complexity index is 1970. The van der Waals surface area contributed by atoms with Crippen molar-refractivity contribution in [3.8, 4) is 68.6 Å². The molecule has 1 aliphatic rings. The molecule has 6 rings (SSSR count). The maximum Gasteiger partial charge on any atom is 0.255 e. The van der Waals surface area contributed by atoms with Crippen molar-refractivity contribution in [1.29, 1.82) is 0 Å². The number of hydrogen-bond acceptors (Lipinski definition) is 12. The molecule has 50 heavy (non-hydrogen) atoms. The smallest absolute Gasteiger partial charge is 0.255 e. The van der Waals surface area contributed by atoms with E-state index < -0.39 is 6.17 Å². The Kier molecular flexibility index (Phi) is 10.0. The van der Waals surface area contributed by atoms with Crippen LogP contribution >= 0.6 is 0 Å². The predicted octanol–water partition coefficient (Wildman–Crippen LogP) is 6.37. The maximum atomic E-state index is 12.8. The van der Waals surface area contributed by atoms with Gasteiger partial charge in [0.05, 0.1) is 48.2 Å². The molecule has 2 N–H and O–H groups in total. The number of methoxy groups -OCH3 is 6. The van der Waals surface area contributed by atoms with Crippen molar-refractivity contribution in [3.05, 3.63) is 83.9 Å². The van der Waals surface area contributed by atoms with E-state index in [1.54, 1.807) is 79.1 Å². The van der Waals surface area contributed by atoms with Gasteiger partial charge in [-0.1, -0.05) is 11.2 Å². The fourth-order valence-corrected chi connectivity index (χ4v) is 5.54. The zero-order valence-electron chi connectivity index (χ0n) is 28.4. The third-order valence-corrected chi connectivity index (χ3v) is 8.08. The van der Waals surface area contributed by atoms with Gasteiger partial charge >= 0.3 is 0 Å². The molecule has 260 valence electrons. The summed E-state index contributed by atoms with van der Waals surface area (Å²) in [7, 11) is 9.35. The van der Waals surface area contributed by atoms with Crippen LogP contribution in [0, 0.1) is 0 Å². The van der Waals surface area contributed by atoms with E-state index in [1.807, 2.05) is 36.4 Å². The SMILES string of the molecule is COc1ccc2c(c1)C(=O)NC(c1ccc(OCCOc3cc(-c4cc(-c5cc(OC)c(OC)c(OC)c5)no4)ccc3OC)c(OC)c1)N2. The van der Waals surface area contributed by atoms with Crippen molar-refractivity contribution >= 4 is 11.6 Å². The Morgan fingerprint density at radius 3 is 1.98 bits per heavy atom. The minimum Gasteiger partial charge on any atom is -0.497 e. The van der Waals surface area contributed by atoms with Crippen LogP contribution in [-0.2, 0) is 0 Å². The van der Waals surface area contributed by atoms with Crippen LogP contribution in [0.1, 0.15) is 22.1 Å². The molecular formula is C37H37N3O10. The van der Waals surface area contributed by atoms with Gasteiger partial charge in [-0.25, -0.2) is 0 Å².